The Bertz CT molecular complexity index is 365. The zero-order valence-corrected chi connectivity index (χ0v) is 11.4. The number of hydrogen-bond acceptors (Lipinski definition) is 4. The quantitative estimate of drug-likeness (QED) is 0.862. The summed E-state index contributed by atoms with van der Waals surface area (Å²) in [5.41, 5.74) is 5.73. The molecule has 1 aromatic heterocycles. The lowest BCUT2D eigenvalue weighted by atomic mass is 10.0. The van der Waals surface area contributed by atoms with E-state index in [1.807, 2.05) is 27.7 Å². The molecule has 0 aromatic carbocycles. The molecule has 1 unspecified atom stereocenters. The summed E-state index contributed by atoms with van der Waals surface area (Å²) in [6, 6.07) is -0.760. The summed E-state index contributed by atoms with van der Waals surface area (Å²) < 4.78 is 5.32. The molecule has 0 spiro atoms. The van der Waals surface area contributed by atoms with E-state index < -0.39 is 6.04 Å². The molecule has 1 aromatic rings. The van der Waals surface area contributed by atoms with Crippen molar-refractivity contribution in [1.29, 1.82) is 0 Å². The van der Waals surface area contributed by atoms with Crippen LogP contribution in [0.5, 0.6) is 0 Å². The van der Waals surface area contributed by atoms with Crippen molar-refractivity contribution < 1.29 is 9.21 Å². The number of nitrogens with zero attached hydrogens (tertiary/aromatic N) is 1. The zero-order chi connectivity index (χ0) is 12.3. The summed E-state index contributed by atoms with van der Waals surface area (Å²) in [6.07, 6.45) is 1.63. The number of oxazole rings is 1. The molecule has 0 aliphatic carbocycles. The van der Waals surface area contributed by atoms with Crippen molar-refractivity contribution in [2.75, 3.05) is 0 Å². The standard InChI is InChI=1S/C11H19N3O2.ClH/c1-6(2)9(12)10(15)14-8(4)11-13-5-7(3)16-11;/h5-6,8-9H,12H2,1-4H3,(H,14,15);1H/t8?,9-;/m0./s1. The van der Waals surface area contributed by atoms with E-state index in [0.29, 0.717) is 5.89 Å². The zero-order valence-electron chi connectivity index (χ0n) is 10.6. The third-order valence-corrected chi connectivity index (χ3v) is 2.39. The van der Waals surface area contributed by atoms with Crippen LogP contribution in [0, 0.1) is 12.8 Å². The topological polar surface area (TPSA) is 81.2 Å². The first-order chi connectivity index (χ1) is 7.41. The Labute approximate surface area is 108 Å². The van der Waals surface area contributed by atoms with Gasteiger partial charge in [0.05, 0.1) is 12.2 Å². The molecule has 0 radical (unpaired) electrons. The van der Waals surface area contributed by atoms with Gasteiger partial charge in [-0.3, -0.25) is 4.79 Å². The van der Waals surface area contributed by atoms with Crippen LogP contribution in [0.1, 0.15) is 38.5 Å². The molecule has 2 atom stereocenters. The first-order valence-corrected chi connectivity index (χ1v) is 5.40. The Morgan fingerprint density at radius 1 is 1.47 bits per heavy atom. The highest BCUT2D eigenvalue weighted by Gasteiger charge is 2.21. The van der Waals surface area contributed by atoms with Gasteiger partial charge in [0.2, 0.25) is 11.8 Å². The molecule has 6 heteroatoms. The van der Waals surface area contributed by atoms with Crippen molar-refractivity contribution in [2.45, 2.75) is 39.8 Å². The Morgan fingerprint density at radius 3 is 2.47 bits per heavy atom. The Kier molecular flexibility index (Phi) is 6.20. The summed E-state index contributed by atoms with van der Waals surface area (Å²) in [6.45, 7) is 7.44. The molecule has 0 aliphatic rings. The van der Waals surface area contributed by atoms with Crippen LogP contribution in [-0.2, 0) is 4.79 Å². The molecule has 0 aliphatic heterocycles. The van der Waals surface area contributed by atoms with Crippen LogP contribution in [0.4, 0.5) is 0 Å². The fraction of sp³-hybridized carbons (Fsp3) is 0.636. The number of amides is 1. The number of nitrogens with two attached hydrogens (primary N) is 1. The van der Waals surface area contributed by atoms with Crippen molar-refractivity contribution in [2.24, 2.45) is 11.7 Å². The second kappa shape index (κ2) is 6.61. The summed E-state index contributed by atoms with van der Waals surface area (Å²) in [5.74, 6) is 1.16. The minimum atomic E-state index is -0.501. The minimum absolute atomic E-state index is 0. The van der Waals surface area contributed by atoms with Gasteiger partial charge in [-0.1, -0.05) is 13.8 Å². The van der Waals surface area contributed by atoms with Crippen LogP contribution >= 0.6 is 12.4 Å². The number of carbonyl (C=O) groups is 1. The predicted octanol–water partition coefficient (Wildman–Crippen LogP) is 1.57. The number of nitrogens with one attached hydrogen (secondary N) is 1. The summed E-state index contributed by atoms with van der Waals surface area (Å²) >= 11 is 0. The normalized spacial score (nSPS) is 14.0. The third-order valence-electron chi connectivity index (χ3n) is 2.39. The van der Waals surface area contributed by atoms with Gasteiger partial charge < -0.3 is 15.5 Å². The average Bonchev–Trinajstić information content (AvgIpc) is 2.63. The highest BCUT2D eigenvalue weighted by molar-refractivity contribution is 5.85. The molecular formula is C11H20ClN3O2. The molecular weight excluding hydrogens is 242 g/mol. The first-order valence-electron chi connectivity index (χ1n) is 5.40. The maximum absolute atomic E-state index is 11.7. The Morgan fingerprint density at radius 2 is 2.06 bits per heavy atom. The molecule has 0 fully saturated rings. The number of rotatable bonds is 4. The van der Waals surface area contributed by atoms with Gasteiger partial charge in [-0.05, 0) is 19.8 Å². The highest BCUT2D eigenvalue weighted by atomic mass is 35.5. The molecule has 17 heavy (non-hydrogen) atoms. The van der Waals surface area contributed by atoms with Crippen LogP contribution in [0.3, 0.4) is 0 Å². The lowest BCUT2D eigenvalue weighted by molar-refractivity contribution is -0.124. The summed E-state index contributed by atoms with van der Waals surface area (Å²) in [4.78, 5) is 15.7. The number of aryl methyl sites for hydroxylation is 1. The molecule has 0 bridgehead atoms. The molecule has 1 amide bonds. The molecule has 98 valence electrons. The number of aromatic nitrogens is 1. The fourth-order valence-corrected chi connectivity index (χ4v) is 1.25. The monoisotopic (exact) mass is 261 g/mol. The second-order valence-electron chi connectivity index (χ2n) is 4.31. The van der Waals surface area contributed by atoms with Crippen LogP contribution in [0.2, 0.25) is 0 Å². The molecule has 0 saturated heterocycles. The van der Waals surface area contributed by atoms with Crippen molar-refractivity contribution in [3.8, 4) is 0 Å². The molecule has 1 rings (SSSR count). The number of carbonyl (C=O) groups excluding carboxylic acids is 1. The lowest BCUT2D eigenvalue weighted by Crippen LogP contribution is -2.44. The van der Waals surface area contributed by atoms with E-state index in [9.17, 15) is 4.79 Å². The molecule has 1 heterocycles. The summed E-state index contributed by atoms with van der Waals surface area (Å²) in [7, 11) is 0. The highest BCUT2D eigenvalue weighted by Crippen LogP contribution is 2.12. The smallest absolute Gasteiger partial charge is 0.237 e. The van der Waals surface area contributed by atoms with Gasteiger partial charge in [0.1, 0.15) is 11.8 Å². The van der Waals surface area contributed by atoms with Gasteiger partial charge in [-0.25, -0.2) is 4.98 Å². The van der Waals surface area contributed by atoms with E-state index in [0.717, 1.165) is 5.76 Å². The van der Waals surface area contributed by atoms with Crippen molar-refractivity contribution in [3.63, 3.8) is 0 Å². The van der Waals surface area contributed by atoms with E-state index in [4.69, 9.17) is 10.2 Å². The van der Waals surface area contributed by atoms with E-state index in [1.165, 1.54) is 0 Å². The summed E-state index contributed by atoms with van der Waals surface area (Å²) in [5, 5.41) is 2.77. The van der Waals surface area contributed by atoms with Gasteiger partial charge >= 0.3 is 0 Å². The van der Waals surface area contributed by atoms with Crippen LogP contribution in [-0.4, -0.2) is 16.9 Å². The van der Waals surface area contributed by atoms with Gasteiger partial charge in [-0.2, -0.15) is 0 Å². The average molecular weight is 262 g/mol. The lowest BCUT2D eigenvalue weighted by Gasteiger charge is -2.17. The van der Waals surface area contributed by atoms with E-state index in [2.05, 4.69) is 10.3 Å². The molecule has 5 nitrogen and oxygen atoms in total. The number of halogens is 1. The molecule has 3 N–H and O–H groups in total. The van der Waals surface area contributed by atoms with E-state index >= 15 is 0 Å². The Balaban J connectivity index is 0.00000256. The van der Waals surface area contributed by atoms with Crippen molar-refractivity contribution in [3.05, 3.63) is 17.8 Å². The minimum Gasteiger partial charge on any atom is -0.444 e. The van der Waals surface area contributed by atoms with Gasteiger partial charge in [-0.15, -0.1) is 12.4 Å². The fourth-order valence-electron chi connectivity index (χ4n) is 1.25. The van der Waals surface area contributed by atoms with Crippen molar-refractivity contribution >= 4 is 18.3 Å². The van der Waals surface area contributed by atoms with Crippen LogP contribution in [0.15, 0.2) is 10.6 Å². The second-order valence-corrected chi connectivity index (χ2v) is 4.31. The van der Waals surface area contributed by atoms with Gasteiger partial charge in [0.25, 0.3) is 0 Å². The van der Waals surface area contributed by atoms with Gasteiger partial charge in [0, 0.05) is 0 Å². The maximum atomic E-state index is 11.7. The first kappa shape index (κ1) is 15.9. The largest absolute Gasteiger partial charge is 0.444 e. The number of hydrogen-bond donors (Lipinski definition) is 2. The van der Waals surface area contributed by atoms with Gasteiger partial charge in [0.15, 0.2) is 0 Å². The predicted molar refractivity (Wildman–Crippen MR) is 67.9 cm³/mol. The SMILES string of the molecule is Cc1cnc(C(C)NC(=O)[C@@H](N)C(C)C)o1.Cl. The third kappa shape index (κ3) is 4.36. The maximum Gasteiger partial charge on any atom is 0.237 e. The van der Waals surface area contributed by atoms with Crippen LogP contribution < -0.4 is 11.1 Å². The van der Waals surface area contributed by atoms with Crippen LogP contribution in [0.25, 0.3) is 0 Å². The van der Waals surface area contributed by atoms with E-state index in [1.54, 1.807) is 6.20 Å². The molecule has 0 saturated carbocycles. The van der Waals surface area contributed by atoms with Crippen molar-refractivity contribution in [1.82, 2.24) is 10.3 Å². The Hall–Kier alpha value is -1.07. The van der Waals surface area contributed by atoms with E-state index in [-0.39, 0.29) is 30.3 Å².